The molecule has 2 atom stereocenters. The summed E-state index contributed by atoms with van der Waals surface area (Å²) in [5.74, 6) is -2.26. The SMILES string of the molecule is CC(=O)c1cc(F)cc2c1C(=O)C(c1ncnn1C)C(c1ccc(F)cc1)N2. The zero-order valence-corrected chi connectivity index (χ0v) is 15.1. The van der Waals surface area contributed by atoms with E-state index in [-0.39, 0.29) is 22.6 Å². The summed E-state index contributed by atoms with van der Waals surface area (Å²) in [7, 11) is 1.66. The Kier molecular flexibility index (Phi) is 4.26. The molecule has 28 heavy (non-hydrogen) atoms. The molecular weight excluding hydrogens is 366 g/mol. The third-order valence-corrected chi connectivity index (χ3v) is 4.91. The standard InChI is InChI=1S/C20H16F2N4O2/c1-10(27)14-7-13(22)8-15-16(14)19(28)17(20-23-9-24-26(20)2)18(25-15)11-3-5-12(21)6-4-11/h3-9,17-18,25H,1-2H3. The van der Waals surface area contributed by atoms with Crippen LogP contribution in [-0.2, 0) is 7.05 Å². The van der Waals surface area contributed by atoms with E-state index in [1.165, 1.54) is 36.1 Å². The molecule has 2 unspecified atom stereocenters. The monoisotopic (exact) mass is 382 g/mol. The van der Waals surface area contributed by atoms with Crippen LogP contribution in [0.4, 0.5) is 14.5 Å². The molecule has 0 radical (unpaired) electrons. The van der Waals surface area contributed by atoms with Crippen molar-refractivity contribution in [2.75, 3.05) is 5.32 Å². The quantitative estimate of drug-likeness (QED) is 0.703. The van der Waals surface area contributed by atoms with Gasteiger partial charge in [-0.15, -0.1) is 0 Å². The molecule has 1 N–H and O–H groups in total. The first-order chi connectivity index (χ1) is 13.4. The number of aryl methyl sites for hydroxylation is 1. The summed E-state index contributed by atoms with van der Waals surface area (Å²) in [5, 5.41) is 7.18. The van der Waals surface area contributed by atoms with Gasteiger partial charge in [-0.2, -0.15) is 5.10 Å². The van der Waals surface area contributed by atoms with Gasteiger partial charge in [-0.05, 0) is 36.8 Å². The average molecular weight is 382 g/mol. The van der Waals surface area contributed by atoms with E-state index in [9.17, 15) is 18.4 Å². The number of nitrogens with one attached hydrogen (secondary N) is 1. The summed E-state index contributed by atoms with van der Waals surface area (Å²) >= 11 is 0. The molecule has 6 nitrogen and oxygen atoms in total. The second-order valence-corrected chi connectivity index (χ2v) is 6.69. The van der Waals surface area contributed by atoms with Gasteiger partial charge < -0.3 is 5.32 Å². The maximum atomic E-state index is 14.1. The predicted molar refractivity (Wildman–Crippen MR) is 97.2 cm³/mol. The number of carbonyl (C=O) groups is 2. The Morgan fingerprint density at radius 3 is 2.46 bits per heavy atom. The molecule has 0 amide bonds. The van der Waals surface area contributed by atoms with Crippen LogP contribution in [0.25, 0.3) is 0 Å². The fourth-order valence-corrected chi connectivity index (χ4v) is 3.62. The second kappa shape index (κ2) is 6.63. The van der Waals surface area contributed by atoms with Gasteiger partial charge in [-0.3, -0.25) is 14.3 Å². The Hall–Kier alpha value is -3.42. The van der Waals surface area contributed by atoms with Crippen molar-refractivity contribution in [1.82, 2.24) is 14.8 Å². The Balaban J connectivity index is 1.94. The van der Waals surface area contributed by atoms with Crippen molar-refractivity contribution in [2.24, 2.45) is 7.05 Å². The lowest BCUT2D eigenvalue weighted by atomic mass is 9.79. The highest BCUT2D eigenvalue weighted by Crippen LogP contribution is 2.43. The molecule has 1 aromatic heterocycles. The van der Waals surface area contributed by atoms with E-state index in [1.807, 2.05) is 0 Å². The zero-order valence-electron chi connectivity index (χ0n) is 15.1. The zero-order chi connectivity index (χ0) is 20.0. The Morgan fingerprint density at radius 1 is 1.14 bits per heavy atom. The van der Waals surface area contributed by atoms with Crippen LogP contribution in [0.2, 0.25) is 0 Å². The molecule has 0 saturated carbocycles. The molecular formula is C20H16F2N4O2. The summed E-state index contributed by atoms with van der Waals surface area (Å²) in [6.45, 7) is 1.28. The highest BCUT2D eigenvalue weighted by Gasteiger charge is 2.41. The van der Waals surface area contributed by atoms with Crippen LogP contribution in [0, 0.1) is 11.6 Å². The van der Waals surface area contributed by atoms with Gasteiger partial charge in [0.2, 0.25) is 0 Å². The molecule has 0 fully saturated rings. The fourth-order valence-electron chi connectivity index (χ4n) is 3.62. The third kappa shape index (κ3) is 2.87. The molecule has 0 saturated heterocycles. The van der Waals surface area contributed by atoms with Crippen molar-refractivity contribution >= 4 is 17.3 Å². The molecule has 0 spiro atoms. The van der Waals surface area contributed by atoms with Crippen LogP contribution in [0.1, 0.15) is 51.0 Å². The highest BCUT2D eigenvalue weighted by atomic mass is 19.1. The molecule has 2 heterocycles. The number of aromatic nitrogens is 3. The lowest BCUT2D eigenvalue weighted by Crippen LogP contribution is -2.34. The van der Waals surface area contributed by atoms with Crippen molar-refractivity contribution < 1.29 is 18.4 Å². The lowest BCUT2D eigenvalue weighted by molar-refractivity contribution is 0.0925. The smallest absolute Gasteiger partial charge is 0.178 e. The maximum Gasteiger partial charge on any atom is 0.178 e. The summed E-state index contributed by atoms with van der Waals surface area (Å²) < 4.78 is 29.0. The molecule has 0 bridgehead atoms. The largest absolute Gasteiger partial charge is 0.376 e. The summed E-state index contributed by atoms with van der Waals surface area (Å²) in [4.78, 5) is 29.7. The van der Waals surface area contributed by atoms with Crippen molar-refractivity contribution in [1.29, 1.82) is 0 Å². The van der Waals surface area contributed by atoms with Gasteiger partial charge in [0.25, 0.3) is 0 Å². The molecule has 4 rings (SSSR count). The third-order valence-electron chi connectivity index (χ3n) is 4.91. The van der Waals surface area contributed by atoms with E-state index < -0.39 is 29.4 Å². The van der Waals surface area contributed by atoms with E-state index in [2.05, 4.69) is 15.4 Å². The number of anilines is 1. The first-order valence-electron chi connectivity index (χ1n) is 8.61. The van der Waals surface area contributed by atoms with Gasteiger partial charge in [-0.1, -0.05) is 12.1 Å². The van der Waals surface area contributed by atoms with Crippen LogP contribution >= 0.6 is 0 Å². The Labute approximate surface area is 159 Å². The number of ketones is 2. The van der Waals surface area contributed by atoms with Crippen molar-refractivity contribution in [2.45, 2.75) is 18.9 Å². The normalized spacial score (nSPS) is 18.5. The first kappa shape index (κ1) is 18.0. The molecule has 142 valence electrons. The Bertz CT molecular complexity index is 1090. The number of halogens is 2. The van der Waals surface area contributed by atoms with Crippen molar-refractivity contribution in [3.63, 3.8) is 0 Å². The van der Waals surface area contributed by atoms with E-state index in [0.717, 1.165) is 6.07 Å². The van der Waals surface area contributed by atoms with Crippen molar-refractivity contribution in [3.8, 4) is 0 Å². The van der Waals surface area contributed by atoms with E-state index >= 15 is 0 Å². The van der Waals surface area contributed by atoms with Gasteiger partial charge >= 0.3 is 0 Å². The van der Waals surface area contributed by atoms with Gasteiger partial charge in [0, 0.05) is 18.3 Å². The molecule has 8 heteroatoms. The molecule has 0 aliphatic carbocycles. The van der Waals surface area contributed by atoms with Crippen LogP contribution in [0.3, 0.4) is 0 Å². The topological polar surface area (TPSA) is 76.9 Å². The minimum atomic E-state index is -0.825. The number of fused-ring (bicyclic) bond motifs is 1. The van der Waals surface area contributed by atoms with E-state index in [4.69, 9.17) is 0 Å². The Morgan fingerprint density at radius 2 is 1.86 bits per heavy atom. The number of carbonyl (C=O) groups excluding carboxylic acids is 2. The number of hydrogen-bond acceptors (Lipinski definition) is 5. The van der Waals surface area contributed by atoms with E-state index in [0.29, 0.717) is 11.4 Å². The summed E-state index contributed by atoms with van der Waals surface area (Å²) in [6, 6.07) is 7.30. The lowest BCUT2D eigenvalue weighted by Gasteiger charge is -2.34. The van der Waals surface area contributed by atoms with Crippen LogP contribution in [0.5, 0.6) is 0 Å². The second-order valence-electron chi connectivity index (χ2n) is 6.69. The molecule has 3 aromatic rings. The van der Waals surface area contributed by atoms with Crippen LogP contribution in [0.15, 0.2) is 42.7 Å². The van der Waals surface area contributed by atoms with Gasteiger partial charge in [0.15, 0.2) is 11.6 Å². The molecule has 1 aliphatic heterocycles. The van der Waals surface area contributed by atoms with E-state index in [1.54, 1.807) is 19.2 Å². The number of nitrogens with zero attached hydrogens (tertiary/aromatic N) is 3. The van der Waals surface area contributed by atoms with Gasteiger partial charge in [0.05, 0.1) is 11.6 Å². The number of hydrogen-bond donors (Lipinski definition) is 1. The fraction of sp³-hybridized carbons (Fsp3) is 0.200. The maximum absolute atomic E-state index is 14.1. The minimum absolute atomic E-state index is 0.0113. The molecule has 1 aliphatic rings. The number of benzene rings is 2. The average Bonchev–Trinajstić information content (AvgIpc) is 3.06. The van der Waals surface area contributed by atoms with Crippen molar-refractivity contribution in [3.05, 3.63) is 76.9 Å². The van der Waals surface area contributed by atoms with Crippen LogP contribution < -0.4 is 5.32 Å². The highest BCUT2D eigenvalue weighted by molar-refractivity contribution is 6.15. The summed E-state index contributed by atoms with van der Waals surface area (Å²) in [5.41, 5.74) is 0.988. The number of Topliss-reactive ketones (excluding diaryl/α,β-unsaturated/α-hetero) is 2. The van der Waals surface area contributed by atoms with Gasteiger partial charge in [-0.25, -0.2) is 13.8 Å². The number of rotatable bonds is 3. The summed E-state index contributed by atoms with van der Waals surface area (Å²) in [6.07, 6.45) is 1.33. The minimum Gasteiger partial charge on any atom is -0.376 e. The predicted octanol–water partition coefficient (Wildman–Crippen LogP) is 3.43. The van der Waals surface area contributed by atoms with Crippen LogP contribution in [-0.4, -0.2) is 26.3 Å². The first-order valence-corrected chi connectivity index (χ1v) is 8.61. The molecule has 2 aromatic carbocycles. The van der Waals surface area contributed by atoms with Gasteiger partial charge in [0.1, 0.15) is 29.7 Å².